The van der Waals surface area contributed by atoms with Gasteiger partial charge in [0.05, 0.1) is 13.0 Å². The first-order valence-corrected chi connectivity index (χ1v) is 6.82. The molecule has 2 amide bonds. The lowest BCUT2D eigenvalue weighted by molar-refractivity contribution is -0.136. The summed E-state index contributed by atoms with van der Waals surface area (Å²) >= 11 is 0. The fourth-order valence-electron chi connectivity index (χ4n) is 2.33. The molecule has 0 spiro atoms. The Hall–Kier alpha value is -2.04. The zero-order valence-corrected chi connectivity index (χ0v) is 11.9. The Morgan fingerprint density at radius 1 is 1.40 bits per heavy atom. The summed E-state index contributed by atoms with van der Waals surface area (Å²) < 4.78 is 5.11. The van der Waals surface area contributed by atoms with Gasteiger partial charge in [-0.05, 0) is 24.6 Å². The van der Waals surface area contributed by atoms with Crippen LogP contribution in [-0.2, 0) is 16.1 Å². The van der Waals surface area contributed by atoms with Crippen LogP contribution in [0.25, 0.3) is 0 Å². The second-order valence-electron chi connectivity index (χ2n) is 4.91. The topological polar surface area (TPSA) is 58.6 Å². The minimum atomic E-state index is -0.222. The number of hydrogen-bond donors (Lipinski definition) is 1. The summed E-state index contributed by atoms with van der Waals surface area (Å²) in [5.74, 6) is 0.583. The highest BCUT2D eigenvalue weighted by Crippen LogP contribution is 2.17. The summed E-state index contributed by atoms with van der Waals surface area (Å²) in [6, 6.07) is 7.67. The van der Waals surface area contributed by atoms with Crippen LogP contribution in [0.1, 0.15) is 18.9 Å². The summed E-state index contributed by atoms with van der Waals surface area (Å²) in [6.07, 6.45) is 0.304. The maximum atomic E-state index is 12.4. The quantitative estimate of drug-likeness (QED) is 0.878. The molecule has 108 valence electrons. The van der Waals surface area contributed by atoms with Gasteiger partial charge in [-0.15, -0.1) is 0 Å². The molecule has 1 fully saturated rings. The molecule has 0 saturated carbocycles. The van der Waals surface area contributed by atoms with Crippen LogP contribution < -0.4 is 10.1 Å². The molecule has 1 aromatic rings. The SMILES string of the molecule is CCN(Cc1ccc(OC)cc1)C(=O)C1CNC(=O)C1. The van der Waals surface area contributed by atoms with Crippen LogP contribution in [0.3, 0.4) is 0 Å². The lowest BCUT2D eigenvalue weighted by atomic mass is 10.1. The van der Waals surface area contributed by atoms with Crippen LogP contribution in [0, 0.1) is 5.92 Å². The molecule has 0 aromatic heterocycles. The molecule has 1 heterocycles. The van der Waals surface area contributed by atoms with Gasteiger partial charge in [0.15, 0.2) is 0 Å². The van der Waals surface area contributed by atoms with Crippen molar-refractivity contribution in [3.8, 4) is 5.75 Å². The van der Waals surface area contributed by atoms with E-state index < -0.39 is 0 Å². The van der Waals surface area contributed by atoms with Gasteiger partial charge in [-0.2, -0.15) is 0 Å². The fraction of sp³-hybridized carbons (Fsp3) is 0.467. The molecule has 1 aromatic carbocycles. The Bertz CT molecular complexity index is 484. The van der Waals surface area contributed by atoms with E-state index >= 15 is 0 Å². The van der Waals surface area contributed by atoms with Crippen molar-refractivity contribution in [3.63, 3.8) is 0 Å². The number of ether oxygens (including phenoxy) is 1. The van der Waals surface area contributed by atoms with Gasteiger partial charge in [-0.3, -0.25) is 9.59 Å². The predicted octanol–water partition coefficient (Wildman–Crippen LogP) is 1.18. The summed E-state index contributed by atoms with van der Waals surface area (Å²) in [6.45, 7) is 3.60. The molecule has 0 bridgehead atoms. The van der Waals surface area contributed by atoms with Crippen molar-refractivity contribution in [1.82, 2.24) is 10.2 Å². The summed E-state index contributed by atoms with van der Waals surface area (Å²) in [7, 11) is 1.63. The van der Waals surface area contributed by atoms with Crippen LogP contribution >= 0.6 is 0 Å². The molecule has 1 aliphatic heterocycles. The molecule has 1 unspecified atom stereocenters. The van der Waals surface area contributed by atoms with E-state index in [0.717, 1.165) is 11.3 Å². The van der Waals surface area contributed by atoms with E-state index in [1.54, 1.807) is 12.0 Å². The van der Waals surface area contributed by atoms with Crippen molar-refractivity contribution in [2.75, 3.05) is 20.2 Å². The van der Waals surface area contributed by atoms with Crippen molar-refractivity contribution in [2.24, 2.45) is 5.92 Å². The third kappa shape index (κ3) is 3.29. The second kappa shape index (κ2) is 6.41. The second-order valence-corrected chi connectivity index (χ2v) is 4.91. The Morgan fingerprint density at radius 2 is 2.10 bits per heavy atom. The molecule has 1 aliphatic rings. The molecule has 5 nitrogen and oxygen atoms in total. The van der Waals surface area contributed by atoms with Crippen molar-refractivity contribution in [3.05, 3.63) is 29.8 Å². The molecule has 1 saturated heterocycles. The highest BCUT2D eigenvalue weighted by Gasteiger charge is 2.30. The van der Waals surface area contributed by atoms with Gasteiger partial charge in [-0.25, -0.2) is 0 Å². The number of hydrogen-bond acceptors (Lipinski definition) is 3. The van der Waals surface area contributed by atoms with Gasteiger partial charge < -0.3 is 15.0 Å². The Kier molecular flexibility index (Phi) is 4.61. The number of rotatable bonds is 5. The zero-order valence-electron chi connectivity index (χ0n) is 11.9. The molecular weight excluding hydrogens is 256 g/mol. The van der Waals surface area contributed by atoms with Gasteiger partial charge >= 0.3 is 0 Å². The van der Waals surface area contributed by atoms with E-state index in [4.69, 9.17) is 4.74 Å². The summed E-state index contributed by atoms with van der Waals surface area (Å²) in [5, 5.41) is 2.71. The first kappa shape index (κ1) is 14.4. The minimum absolute atomic E-state index is 0.0381. The number of carbonyl (C=O) groups is 2. The van der Waals surface area contributed by atoms with Gasteiger partial charge in [0.1, 0.15) is 5.75 Å². The van der Waals surface area contributed by atoms with Crippen molar-refractivity contribution >= 4 is 11.8 Å². The molecule has 0 aliphatic carbocycles. The van der Waals surface area contributed by atoms with E-state index in [1.165, 1.54) is 0 Å². The third-order valence-electron chi connectivity index (χ3n) is 3.55. The van der Waals surface area contributed by atoms with Gasteiger partial charge in [0, 0.05) is 26.1 Å². The normalized spacial score (nSPS) is 17.7. The number of nitrogens with one attached hydrogen (secondary N) is 1. The standard InChI is InChI=1S/C15H20N2O3/c1-3-17(15(19)12-8-14(18)16-9-12)10-11-4-6-13(20-2)7-5-11/h4-7,12H,3,8-10H2,1-2H3,(H,16,18). The average molecular weight is 276 g/mol. The van der Waals surface area contributed by atoms with Crippen LogP contribution in [0.4, 0.5) is 0 Å². The fourth-order valence-corrected chi connectivity index (χ4v) is 2.33. The first-order chi connectivity index (χ1) is 9.63. The van der Waals surface area contributed by atoms with Crippen LogP contribution in [-0.4, -0.2) is 36.9 Å². The monoisotopic (exact) mass is 276 g/mol. The molecule has 1 N–H and O–H groups in total. The Morgan fingerprint density at radius 3 is 2.60 bits per heavy atom. The van der Waals surface area contributed by atoms with Gasteiger partial charge in [-0.1, -0.05) is 12.1 Å². The average Bonchev–Trinajstić information content (AvgIpc) is 2.91. The maximum absolute atomic E-state index is 12.4. The number of benzene rings is 1. The van der Waals surface area contributed by atoms with E-state index in [-0.39, 0.29) is 17.7 Å². The van der Waals surface area contributed by atoms with Crippen LogP contribution in [0.5, 0.6) is 5.75 Å². The highest BCUT2D eigenvalue weighted by atomic mass is 16.5. The third-order valence-corrected chi connectivity index (χ3v) is 3.55. The van der Waals surface area contributed by atoms with E-state index in [0.29, 0.717) is 26.1 Å². The first-order valence-electron chi connectivity index (χ1n) is 6.82. The van der Waals surface area contributed by atoms with E-state index in [1.807, 2.05) is 31.2 Å². The Balaban J connectivity index is 2.00. The number of amides is 2. The van der Waals surface area contributed by atoms with E-state index in [2.05, 4.69) is 5.32 Å². The van der Waals surface area contributed by atoms with Crippen molar-refractivity contribution in [1.29, 1.82) is 0 Å². The molecular formula is C15H20N2O3. The number of nitrogens with zero attached hydrogens (tertiary/aromatic N) is 1. The lowest BCUT2D eigenvalue weighted by Gasteiger charge is -2.23. The highest BCUT2D eigenvalue weighted by molar-refractivity contribution is 5.89. The van der Waals surface area contributed by atoms with Gasteiger partial charge in [0.2, 0.25) is 11.8 Å². The van der Waals surface area contributed by atoms with Crippen LogP contribution in [0.2, 0.25) is 0 Å². The van der Waals surface area contributed by atoms with Crippen molar-refractivity contribution in [2.45, 2.75) is 19.9 Å². The van der Waals surface area contributed by atoms with E-state index in [9.17, 15) is 9.59 Å². The minimum Gasteiger partial charge on any atom is -0.497 e. The number of carbonyl (C=O) groups excluding carboxylic acids is 2. The Labute approximate surface area is 118 Å². The molecule has 5 heteroatoms. The molecule has 1 atom stereocenters. The summed E-state index contributed by atoms with van der Waals surface area (Å²) in [4.78, 5) is 25.3. The molecule has 20 heavy (non-hydrogen) atoms. The largest absolute Gasteiger partial charge is 0.497 e. The maximum Gasteiger partial charge on any atom is 0.228 e. The number of methoxy groups -OCH3 is 1. The molecule has 2 rings (SSSR count). The molecule has 0 radical (unpaired) electrons. The lowest BCUT2D eigenvalue weighted by Crippen LogP contribution is -2.36. The predicted molar refractivity (Wildman–Crippen MR) is 75.2 cm³/mol. The smallest absolute Gasteiger partial charge is 0.228 e. The van der Waals surface area contributed by atoms with Crippen LogP contribution in [0.15, 0.2) is 24.3 Å². The van der Waals surface area contributed by atoms with Crippen molar-refractivity contribution < 1.29 is 14.3 Å². The zero-order chi connectivity index (χ0) is 14.5. The van der Waals surface area contributed by atoms with Gasteiger partial charge in [0.25, 0.3) is 0 Å². The summed E-state index contributed by atoms with van der Waals surface area (Å²) in [5.41, 5.74) is 1.05.